The van der Waals surface area contributed by atoms with E-state index in [1.807, 2.05) is 18.2 Å². The third-order valence-corrected chi connectivity index (χ3v) is 12.5. The molecular weight excluding hydrogens is 746 g/mol. The molecule has 5 amide bonds. The van der Waals surface area contributed by atoms with Crippen molar-refractivity contribution in [1.29, 1.82) is 5.26 Å². The highest BCUT2D eigenvalue weighted by molar-refractivity contribution is 6.31. The van der Waals surface area contributed by atoms with Crippen molar-refractivity contribution in [1.82, 2.24) is 20.4 Å². The maximum absolute atomic E-state index is 13.3. The van der Waals surface area contributed by atoms with Crippen molar-refractivity contribution in [2.24, 2.45) is 5.92 Å². The number of fused-ring (bicyclic) bond motifs is 1. The second-order valence-electron chi connectivity index (χ2n) is 15.8. The van der Waals surface area contributed by atoms with Crippen molar-refractivity contribution in [3.05, 3.63) is 87.9 Å². The second kappa shape index (κ2) is 16.6. The van der Waals surface area contributed by atoms with Crippen LogP contribution in [0, 0.1) is 17.2 Å². The van der Waals surface area contributed by atoms with E-state index in [4.69, 9.17) is 21.6 Å². The largest absolute Gasteiger partial charge is 0.490 e. The Hall–Kier alpha value is -5.45. The third-order valence-electron chi connectivity index (χ3n) is 12.2. The van der Waals surface area contributed by atoms with Crippen LogP contribution in [-0.2, 0) is 9.59 Å². The lowest BCUT2D eigenvalue weighted by atomic mass is 9.92. The Balaban J connectivity index is 0.753. The van der Waals surface area contributed by atoms with Crippen LogP contribution in [0.4, 0.5) is 11.4 Å². The number of piperidine rings is 2. The van der Waals surface area contributed by atoms with Crippen molar-refractivity contribution in [2.45, 2.75) is 69.6 Å². The van der Waals surface area contributed by atoms with Gasteiger partial charge in [0.2, 0.25) is 11.8 Å². The van der Waals surface area contributed by atoms with Crippen LogP contribution in [-0.4, -0.2) is 103 Å². The summed E-state index contributed by atoms with van der Waals surface area (Å²) in [6, 6.07) is 19.6. The number of anilines is 2. The number of carbonyl (C=O) groups excluding carboxylic acids is 5. The molecule has 0 bridgehead atoms. The van der Waals surface area contributed by atoms with Crippen LogP contribution >= 0.6 is 11.6 Å². The number of nitrogens with one attached hydrogen (secondary N) is 2. The van der Waals surface area contributed by atoms with Gasteiger partial charge in [-0.1, -0.05) is 11.6 Å². The van der Waals surface area contributed by atoms with Crippen molar-refractivity contribution in [3.63, 3.8) is 0 Å². The van der Waals surface area contributed by atoms with Crippen LogP contribution in [0.15, 0.2) is 60.7 Å². The van der Waals surface area contributed by atoms with Crippen LogP contribution in [0.25, 0.3) is 0 Å². The van der Waals surface area contributed by atoms with Crippen LogP contribution in [0.1, 0.15) is 88.0 Å². The molecule has 14 heteroatoms. The van der Waals surface area contributed by atoms with Gasteiger partial charge in [0.05, 0.1) is 27.8 Å². The summed E-state index contributed by atoms with van der Waals surface area (Å²) in [4.78, 5) is 71.7. The number of ether oxygens (including phenoxy) is 1. The van der Waals surface area contributed by atoms with E-state index < -0.39 is 29.7 Å². The monoisotopic (exact) mass is 791 g/mol. The third kappa shape index (κ3) is 8.34. The molecule has 4 fully saturated rings. The Labute approximate surface area is 336 Å². The van der Waals surface area contributed by atoms with Gasteiger partial charge < -0.3 is 19.9 Å². The number of hydrogen-bond acceptors (Lipinski definition) is 10. The van der Waals surface area contributed by atoms with E-state index >= 15 is 0 Å². The molecule has 8 rings (SSSR count). The molecule has 296 valence electrons. The number of hydrogen-bond donors (Lipinski definition) is 2. The molecule has 1 unspecified atom stereocenters. The topological polar surface area (TPSA) is 155 Å². The molecule has 5 aliphatic rings. The lowest BCUT2D eigenvalue weighted by molar-refractivity contribution is -0.136. The number of nitriles is 1. The Morgan fingerprint density at radius 1 is 0.789 bits per heavy atom. The molecule has 13 nitrogen and oxygen atoms in total. The smallest absolute Gasteiger partial charge is 0.262 e. The number of halogens is 1. The highest BCUT2D eigenvalue weighted by atomic mass is 35.5. The van der Waals surface area contributed by atoms with Crippen LogP contribution < -0.4 is 25.2 Å². The zero-order valence-electron chi connectivity index (χ0n) is 31.8. The number of imide groups is 2. The Morgan fingerprint density at radius 3 is 2.16 bits per heavy atom. The Kier molecular flexibility index (Phi) is 11.2. The van der Waals surface area contributed by atoms with Gasteiger partial charge in [-0.25, -0.2) is 0 Å². The van der Waals surface area contributed by atoms with E-state index in [0.717, 1.165) is 101 Å². The average molecular weight is 792 g/mol. The molecule has 1 aliphatic carbocycles. The fraction of sp³-hybridized carbons (Fsp3) is 0.442. The summed E-state index contributed by atoms with van der Waals surface area (Å²) in [6.45, 7) is 6.39. The van der Waals surface area contributed by atoms with Gasteiger partial charge in [-0.15, -0.1) is 0 Å². The van der Waals surface area contributed by atoms with Crippen molar-refractivity contribution >= 4 is 52.5 Å². The Morgan fingerprint density at radius 2 is 1.47 bits per heavy atom. The van der Waals surface area contributed by atoms with Crippen LogP contribution in [0.2, 0.25) is 5.02 Å². The van der Waals surface area contributed by atoms with E-state index in [9.17, 15) is 24.0 Å². The molecule has 2 N–H and O–H groups in total. The predicted octanol–water partition coefficient (Wildman–Crippen LogP) is 4.77. The molecule has 3 aromatic rings. The molecule has 3 aromatic carbocycles. The van der Waals surface area contributed by atoms with Gasteiger partial charge in [0.15, 0.2) is 0 Å². The number of rotatable bonds is 9. The van der Waals surface area contributed by atoms with Crippen LogP contribution in [0.5, 0.6) is 5.75 Å². The summed E-state index contributed by atoms with van der Waals surface area (Å²) in [6.07, 6.45) is 5.78. The zero-order valence-corrected chi connectivity index (χ0v) is 32.5. The van der Waals surface area contributed by atoms with E-state index in [-0.39, 0.29) is 30.9 Å². The van der Waals surface area contributed by atoms with Gasteiger partial charge in [-0.3, -0.25) is 39.1 Å². The minimum Gasteiger partial charge on any atom is -0.490 e. The maximum atomic E-state index is 13.3. The van der Waals surface area contributed by atoms with E-state index in [2.05, 4.69) is 43.5 Å². The normalized spacial score (nSPS) is 23.2. The molecule has 0 spiro atoms. The first-order chi connectivity index (χ1) is 27.6. The summed E-state index contributed by atoms with van der Waals surface area (Å²) < 4.78 is 6.10. The van der Waals surface area contributed by atoms with Gasteiger partial charge in [0.1, 0.15) is 17.9 Å². The quantitative estimate of drug-likeness (QED) is 0.290. The molecule has 0 aromatic heterocycles. The lowest BCUT2D eigenvalue weighted by Crippen LogP contribution is -2.54. The first-order valence-electron chi connectivity index (χ1n) is 20.0. The predicted molar refractivity (Wildman–Crippen MR) is 213 cm³/mol. The summed E-state index contributed by atoms with van der Waals surface area (Å²) in [5, 5.41) is 14.9. The van der Waals surface area contributed by atoms with Gasteiger partial charge in [-0.05, 0) is 105 Å². The Bertz CT molecular complexity index is 2100. The summed E-state index contributed by atoms with van der Waals surface area (Å²) in [5.74, 6) is -0.768. The first kappa shape index (κ1) is 38.4. The molecular formula is C43H46ClN7O6. The number of nitrogens with zero attached hydrogens (tertiary/aromatic N) is 5. The molecule has 1 atom stereocenters. The lowest BCUT2D eigenvalue weighted by Gasteiger charge is -2.40. The van der Waals surface area contributed by atoms with Crippen LogP contribution in [0.3, 0.4) is 0 Å². The maximum Gasteiger partial charge on any atom is 0.262 e. The molecule has 4 heterocycles. The fourth-order valence-corrected chi connectivity index (χ4v) is 9.07. The van der Waals surface area contributed by atoms with E-state index in [1.165, 1.54) is 0 Å². The number of carbonyl (C=O) groups is 5. The highest BCUT2D eigenvalue weighted by Crippen LogP contribution is 2.32. The average Bonchev–Trinajstić information content (AvgIpc) is 3.47. The minimum atomic E-state index is -0.971. The van der Waals surface area contributed by atoms with Gasteiger partial charge >= 0.3 is 0 Å². The molecule has 0 radical (unpaired) electrons. The zero-order chi connectivity index (χ0) is 39.6. The SMILES string of the molecule is N#Cc1ccc(OC2CCC(NC(=O)c3ccc(N4CCC(CN5CCN(c6ccc7c(c6)C(=O)N(C6CCC(=O)NC6=O)C7=O)CC5)CC4)cc3)CC2)cc1Cl. The number of benzene rings is 3. The van der Waals surface area contributed by atoms with Gasteiger partial charge in [0.25, 0.3) is 17.7 Å². The molecule has 1 saturated carbocycles. The summed E-state index contributed by atoms with van der Waals surface area (Å²) >= 11 is 6.15. The second-order valence-corrected chi connectivity index (χ2v) is 16.2. The van der Waals surface area contributed by atoms with Gasteiger partial charge in [0, 0.05) is 81.3 Å². The van der Waals surface area contributed by atoms with Gasteiger partial charge in [-0.2, -0.15) is 5.26 Å². The van der Waals surface area contributed by atoms with Crippen molar-refractivity contribution in [2.75, 3.05) is 55.6 Å². The minimum absolute atomic E-state index is 0.0463. The number of piperazine rings is 1. The molecule has 4 aliphatic heterocycles. The molecule has 57 heavy (non-hydrogen) atoms. The standard InChI is InChI=1S/C43H46ClN7O6/c44-37-24-34(9-3-29(37)25-45)57-33-10-4-30(5-11-33)46-40(53)28-1-6-31(7-2-28)49-17-15-27(16-18-49)26-48-19-21-50(22-20-48)32-8-12-35-36(23-32)43(56)51(42(35)55)38-13-14-39(52)47-41(38)54/h1-3,6-9,12,23-24,27,30,33,38H,4-5,10-11,13-22,26H2,(H,46,53)(H,47,52,54). The highest BCUT2D eigenvalue weighted by Gasteiger charge is 2.45. The number of amides is 5. The first-order valence-corrected chi connectivity index (χ1v) is 20.4. The molecule has 3 saturated heterocycles. The van der Waals surface area contributed by atoms with E-state index in [0.29, 0.717) is 38.9 Å². The fourth-order valence-electron chi connectivity index (χ4n) is 8.85. The summed E-state index contributed by atoms with van der Waals surface area (Å²) in [5.41, 5.74) is 3.71. The van der Waals surface area contributed by atoms with E-state index in [1.54, 1.807) is 30.3 Å². The summed E-state index contributed by atoms with van der Waals surface area (Å²) in [7, 11) is 0. The van der Waals surface area contributed by atoms with Crippen molar-refractivity contribution in [3.8, 4) is 11.8 Å². The van der Waals surface area contributed by atoms with Crippen molar-refractivity contribution < 1.29 is 28.7 Å².